The van der Waals surface area contributed by atoms with Crippen molar-refractivity contribution in [2.75, 3.05) is 39.6 Å². The predicted molar refractivity (Wildman–Crippen MR) is 190 cm³/mol. The van der Waals surface area contributed by atoms with Crippen molar-refractivity contribution in [3.05, 3.63) is 119 Å². The van der Waals surface area contributed by atoms with Crippen LogP contribution in [0.25, 0.3) is 0 Å². The van der Waals surface area contributed by atoms with Gasteiger partial charge in [0.15, 0.2) is 0 Å². The summed E-state index contributed by atoms with van der Waals surface area (Å²) in [5, 5.41) is 0. The molecule has 6 nitrogen and oxygen atoms in total. The van der Waals surface area contributed by atoms with E-state index in [4.69, 9.17) is 28.4 Å². The molecule has 6 rings (SSSR count). The molecule has 2 fully saturated rings. The van der Waals surface area contributed by atoms with E-state index in [1.807, 2.05) is 24.3 Å². The Bertz CT molecular complexity index is 1430. The Hall–Kier alpha value is -4.00. The van der Waals surface area contributed by atoms with Gasteiger partial charge in [0, 0.05) is 10.8 Å². The van der Waals surface area contributed by atoms with Crippen molar-refractivity contribution in [1.82, 2.24) is 0 Å². The van der Waals surface area contributed by atoms with Gasteiger partial charge in [0.2, 0.25) is 0 Å². The highest BCUT2D eigenvalue weighted by Crippen LogP contribution is 2.35. The summed E-state index contributed by atoms with van der Waals surface area (Å²) in [5.41, 5.74) is 4.77. The van der Waals surface area contributed by atoms with Crippen LogP contribution in [0.4, 0.5) is 0 Å². The highest BCUT2D eigenvalue weighted by atomic mass is 16.6. The van der Waals surface area contributed by atoms with Crippen molar-refractivity contribution in [3.63, 3.8) is 0 Å². The van der Waals surface area contributed by atoms with E-state index in [1.54, 1.807) is 0 Å². The molecule has 2 atom stereocenters. The van der Waals surface area contributed by atoms with Gasteiger partial charge in [-0.15, -0.1) is 0 Å². The minimum atomic E-state index is -0.119. The van der Waals surface area contributed by atoms with Crippen LogP contribution in [0.5, 0.6) is 23.0 Å². The van der Waals surface area contributed by atoms with E-state index in [9.17, 15) is 0 Å². The molecule has 254 valence electrons. The van der Waals surface area contributed by atoms with E-state index in [1.165, 1.54) is 22.3 Å². The summed E-state index contributed by atoms with van der Waals surface area (Å²) in [7, 11) is 0. The fraction of sp³-hybridized carbons (Fsp3) is 0.429. The second-order valence-electron chi connectivity index (χ2n) is 14.0. The first kappa shape index (κ1) is 33.9. The highest BCUT2D eigenvalue weighted by Gasteiger charge is 2.26. The monoisotopic (exact) mass is 650 g/mol. The van der Waals surface area contributed by atoms with Crippen LogP contribution in [0.3, 0.4) is 0 Å². The van der Waals surface area contributed by atoms with Crippen molar-refractivity contribution in [2.45, 2.75) is 76.4 Å². The number of hydrogen-bond acceptors (Lipinski definition) is 6. The van der Waals surface area contributed by atoms with Gasteiger partial charge >= 0.3 is 0 Å². The minimum Gasteiger partial charge on any atom is -0.494 e. The zero-order valence-electron chi connectivity index (χ0n) is 28.9. The summed E-state index contributed by atoms with van der Waals surface area (Å²) in [5.74, 6) is 3.61. The molecule has 0 radical (unpaired) electrons. The number of unbranched alkanes of at least 4 members (excludes halogenated alkanes) is 3. The number of hydrogen-bond donors (Lipinski definition) is 0. The Morgan fingerprint density at radius 2 is 0.708 bits per heavy atom. The third kappa shape index (κ3) is 9.33. The lowest BCUT2D eigenvalue weighted by Gasteiger charge is -2.26. The van der Waals surface area contributed by atoms with Crippen LogP contribution in [-0.4, -0.2) is 51.8 Å². The summed E-state index contributed by atoms with van der Waals surface area (Å²) < 4.78 is 34.1. The lowest BCUT2D eigenvalue weighted by Crippen LogP contribution is -2.18. The normalized spacial score (nSPS) is 17.1. The number of rotatable bonds is 19. The van der Waals surface area contributed by atoms with E-state index >= 15 is 0 Å². The summed E-state index contributed by atoms with van der Waals surface area (Å²) in [6, 6.07) is 33.8. The van der Waals surface area contributed by atoms with Crippen molar-refractivity contribution in [2.24, 2.45) is 0 Å². The first-order valence-electron chi connectivity index (χ1n) is 17.4. The smallest absolute Gasteiger partial charge is 0.119 e. The fourth-order valence-electron chi connectivity index (χ4n) is 5.85. The second-order valence-corrected chi connectivity index (χ2v) is 14.0. The van der Waals surface area contributed by atoms with E-state index in [2.05, 4.69) is 100 Å². The molecular weight excluding hydrogens is 600 g/mol. The van der Waals surface area contributed by atoms with Crippen LogP contribution in [0, 0.1) is 0 Å². The first-order chi connectivity index (χ1) is 23.3. The molecule has 2 saturated heterocycles. The van der Waals surface area contributed by atoms with Gasteiger partial charge in [-0.1, -0.05) is 76.2 Å². The van der Waals surface area contributed by atoms with E-state index in [-0.39, 0.29) is 23.0 Å². The molecule has 2 unspecified atom stereocenters. The maximum atomic E-state index is 6.05. The molecular formula is C42H50O6. The van der Waals surface area contributed by atoms with Crippen molar-refractivity contribution >= 4 is 0 Å². The quantitative estimate of drug-likeness (QED) is 0.0746. The summed E-state index contributed by atoms with van der Waals surface area (Å²) in [6.07, 6.45) is 4.82. The number of ether oxygens (including phenoxy) is 6. The highest BCUT2D eigenvalue weighted by molar-refractivity contribution is 5.43. The molecule has 2 aliphatic heterocycles. The van der Waals surface area contributed by atoms with Gasteiger partial charge in [0.25, 0.3) is 0 Å². The molecule has 48 heavy (non-hydrogen) atoms. The first-order valence-corrected chi connectivity index (χ1v) is 17.4. The van der Waals surface area contributed by atoms with Gasteiger partial charge in [0.05, 0.1) is 26.4 Å². The molecule has 0 amide bonds. The zero-order chi connectivity index (χ0) is 33.4. The molecule has 4 aromatic carbocycles. The minimum absolute atomic E-state index is 0.119. The van der Waals surface area contributed by atoms with Gasteiger partial charge in [-0.25, -0.2) is 0 Å². The third-order valence-electron chi connectivity index (χ3n) is 9.56. The van der Waals surface area contributed by atoms with Crippen LogP contribution in [0.2, 0.25) is 0 Å². The summed E-state index contributed by atoms with van der Waals surface area (Å²) in [6.45, 7) is 13.3. The van der Waals surface area contributed by atoms with Gasteiger partial charge in [0.1, 0.15) is 48.4 Å². The molecule has 0 bridgehead atoms. The van der Waals surface area contributed by atoms with Crippen molar-refractivity contribution in [3.8, 4) is 23.0 Å². The van der Waals surface area contributed by atoms with E-state index in [0.717, 1.165) is 75.1 Å². The SMILES string of the molecule is CC(C)(c1ccc(OCCCCCCOc2ccc(C(C)(C)c3ccc(OCC4CO4)cc3)cc2)cc1)c1ccc(OCC2CO2)cc1. The fourth-order valence-corrected chi connectivity index (χ4v) is 5.85. The van der Waals surface area contributed by atoms with Crippen molar-refractivity contribution < 1.29 is 28.4 Å². The van der Waals surface area contributed by atoms with Crippen LogP contribution in [0.1, 0.15) is 75.6 Å². The largest absolute Gasteiger partial charge is 0.494 e. The van der Waals surface area contributed by atoms with Crippen molar-refractivity contribution in [1.29, 1.82) is 0 Å². The van der Waals surface area contributed by atoms with Gasteiger partial charge in [-0.2, -0.15) is 0 Å². The van der Waals surface area contributed by atoms with Crippen LogP contribution < -0.4 is 18.9 Å². The summed E-state index contributed by atoms with van der Waals surface area (Å²) in [4.78, 5) is 0. The Labute approximate surface area is 286 Å². The maximum absolute atomic E-state index is 6.05. The molecule has 6 heteroatoms. The van der Waals surface area contributed by atoms with Gasteiger partial charge in [-0.05, 0) is 96.5 Å². The molecule has 0 saturated carbocycles. The Morgan fingerprint density at radius 1 is 0.438 bits per heavy atom. The second kappa shape index (κ2) is 15.5. The maximum Gasteiger partial charge on any atom is 0.119 e. The number of epoxide rings is 2. The Kier molecular flexibility index (Phi) is 10.9. The van der Waals surface area contributed by atoms with Crippen LogP contribution in [0.15, 0.2) is 97.1 Å². The zero-order valence-corrected chi connectivity index (χ0v) is 28.9. The predicted octanol–water partition coefficient (Wildman–Crippen LogP) is 8.91. The third-order valence-corrected chi connectivity index (χ3v) is 9.56. The molecule has 0 spiro atoms. The Morgan fingerprint density at radius 3 is 0.979 bits per heavy atom. The molecule has 0 aromatic heterocycles. The van der Waals surface area contributed by atoms with E-state index < -0.39 is 0 Å². The van der Waals surface area contributed by atoms with Crippen LogP contribution in [-0.2, 0) is 20.3 Å². The van der Waals surface area contributed by atoms with E-state index in [0.29, 0.717) is 13.2 Å². The topological polar surface area (TPSA) is 62.0 Å². The van der Waals surface area contributed by atoms with Crippen LogP contribution >= 0.6 is 0 Å². The lowest BCUT2D eigenvalue weighted by atomic mass is 9.78. The van der Waals surface area contributed by atoms with Gasteiger partial charge < -0.3 is 28.4 Å². The number of benzene rings is 4. The summed E-state index contributed by atoms with van der Waals surface area (Å²) >= 11 is 0. The molecule has 2 heterocycles. The average molecular weight is 651 g/mol. The molecule has 4 aromatic rings. The standard InChI is InChI=1S/C42H50O6/c1-41(2,33-13-21-37(22-14-33)45-27-39-29-47-39)31-9-17-35(18-10-31)43-25-7-5-6-8-26-44-36-19-11-32(12-20-36)42(3,4)34-15-23-38(24-16-34)46-28-40-30-48-40/h9-24,39-40H,5-8,25-30H2,1-4H3. The molecule has 2 aliphatic rings. The molecule has 0 N–H and O–H groups in total. The Balaban J connectivity index is 0.854. The molecule has 0 aliphatic carbocycles. The lowest BCUT2D eigenvalue weighted by molar-refractivity contribution is 0.263. The van der Waals surface area contributed by atoms with Gasteiger partial charge in [-0.3, -0.25) is 0 Å². The average Bonchev–Trinajstić information content (AvgIpc) is 4.05.